The van der Waals surface area contributed by atoms with Gasteiger partial charge in [0.2, 0.25) is 0 Å². The molecule has 0 bridgehead atoms. The van der Waals surface area contributed by atoms with E-state index in [0.29, 0.717) is 41.9 Å². The molecule has 1 unspecified atom stereocenters. The first-order valence-electron chi connectivity index (χ1n) is 16.6. The van der Waals surface area contributed by atoms with Crippen LogP contribution in [0.2, 0.25) is 0 Å². The Morgan fingerprint density at radius 3 is 1.91 bits per heavy atom. The van der Waals surface area contributed by atoms with Gasteiger partial charge in [0.1, 0.15) is 23.1 Å². The second-order valence-electron chi connectivity index (χ2n) is 13.5. The molecule has 1 N–H and O–H groups in total. The van der Waals surface area contributed by atoms with Crippen molar-refractivity contribution in [3.8, 4) is 11.5 Å². The molecular formula is C37H42BrN5O4. The molecule has 0 spiro atoms. The minimum atomic E-state index is -0.256. The van der Waals surface area contributed by atoms with Gasteiger partial charge in [-0.1, -0.05) is 22.4 Å². The van der Waals surface area contributed by atoms with Gasteiger partial charge in [-0.3, -0.25) is 9.59 Å². The third kappa shape index (κ3) is 6.36. The zero-order chi connectivity index (χ0) is 32.8. The molecule has 2 aromatic heterocycles. The van der Waals surface area contributed by atoms with Gasteiger partial charge in [0.25, 0.3) is 0 Å². The van der Waals surface area contributed by atoms with Crippen LogP contribution in [0.25, 0.3) is 0 Å². The Balaban J connectivity index is 0.000000118. The Morgan fingerprint density at radius 2 is 1.43 bits per heavy atom. The maximum absolute atomic E-state index is 11.0. The maximum Gasteiger partial charge on any atom is 0.143 e. The van der Waals surface area contributed by atoms with E-state index < -0.39 is 0 Å². The van der Waals surface area contributed by atoms with Crippen LogP contribution in [0.4, 0.5) is 5.69 Å². The molecule has 3 saturated carbocycles. The molecule has 0 saturated heterocycles. The first-order valence-corrected chi connectivity index (χ1v) is 17.4. The number of carbonyl (C=O) groups excluding carboxylic acids is 2. The van der Waals surface area contributed by atoms with Crippen LogP contribution < -0.4 is 14.8 Å². The third-order valence-electron chi connectivity index (χ3n) is 10.4. The van der Waals surface area contributed by atoms with Crippen LogP contribution in [-0.4, -0.2) is 50.9 Å². The van der Waals surface area contributed by atoms with Gasteiger partial charge >= 0.3 is 0 Å². The second-order valence-corrected chi connectivity index (χ2v) is 14.5. The molecule has 246 valence electrons. The molecule has 5 aliphatic rings. The summed E-state index contributed by atoms with van der Waals surface area (Å²) in [6.07, 6.45) is 11.4. The third-order valence-corrected chi connectivity index (χ3v) is 10.9. The number of aryl methyl sites for hydroxylation is 2. The van der Waals surface area contributed by atoms with Crippen LogP contribution >= 0.6 is 15.9 Å². The van der Waals surface area contributed by atoms with Crippen LogP contribution in [0.5, 0.6) is 11.5 Å². The molecular weight excluding hydrogens is 658 g/mol. The number of halogens is 1. The first-order chi connectivity index (χ1) is 22.7. The number of imidazole rings is 2. The lowest BCUT2D eigenvalue weighted by atomic mass is 9.86. The number of aromatic nitrogens is 4. The minimum absolute atomic E-state index is 0.0460. The number of carbonyl (C=O) groups is 2. The zero-order valence-electron chi connectivity index (χ0n) is 27.4. The zero-order valence-corrected chi connectivity index (χ0v) is 28.9. The number of hydrogen-bond donors (Lipinski definition) is 1. The highest BCUT2D eigenvalue weighted by Crippen LogP contribution is 2.65. The number of nitrogens with zero attached hydrogens (tertiary/aromatic N) is 4. The number of benzene rings is 2. The Morgan fingerprint density at radius 1 is 0.851 bits per heavy atom. The van der Waals surface area contributed by atoms with Gasteiger partial charge in [-0.05, 0) is 61.7 Å². The van der Waals surface area contributed by atoms with Crippen molar-refractivity contribution < 1.29 is 19.1 Å². The molecule has 3 aliphatic carbocycles. The van der Waals surface area contributed by atoms with E-state index in [-0.39, 0.29) is 17.5 Å². The van der Waals surface area contributed by atoms with Crippen LogP contribution in [0.15, 0.2) is 65.9 Å². The molecule has 4 aromatic rings. The molecule has 47 heavy (non-hydrogen) atoms. The van der Waals surface area contributed by atoms with Gasteiger partial charge in [0.05, 0.1) is 43.2 Å². The molecule has 9 nitrogen and oxygen atoms in total. The minimum Gasteiger partial charge on any atom is -0.493 e. The number of nitrogens with one attached hydrogen (secondary N) is 1. The van der Waals surface area contributed by atoms with Gasteiger partial charge in [0, 0.05) is 91.2 Å². The SMILES string of the molecule is CC(=O)C1CCCCC1=O.CNc1ccc2c(c1)[C@@H]1[C@H](CO2)[C@H]1c1cn(C)cn1.Cn1cnc([C@@H]2[C@H]3COc4ccc(Br)cc4[C@H]32)c1. The number of Topliss-reactive ketones (excluding diaryl/α,β-unsaturated/α-hetero) is 2. The molecule has 0 amide bonds. The van der Waals surface area contributed by atoms with Crippen LogP contribution in [0.3, 0.4) is 0 Å². The number of anilines is 1. The van der Waals surface area contributed by atoms with Crippen molar-refractivity contribution >= 4 is 33.2 Å². The predicted octanol–water partition coefficient (Wildman–Crippen LogP) is 6.76. The Bertz CT molecular complexity index is 1800. The molecule has 9 rings (SSSR count). The highest BCUT2D eigenvalue weighted by Gasteiger charge is 2.57. The largest absolute Gasteiger partial charge is 0.493 e. The molecule has 7 atom stereocenters. The summed E-state index contributed by atoms with van der Waals surface area (Å²) < 4.78 is 16.9. The lowest BCUT2D eigenvalue weighted by molar-refractivity contribution is -0.133. The van der Waals surface area contributed by atoms with Gasteiger partial charge in [-0.25, -0.2) is 9.97 Å². The summed E-state index contributed by atoms with van der Waals surface area (Å²) in [5, 5.41) is 3.20. The number of rotatable bonds is 4. The second kappa shape index (κ2) is 12.9. The molecule has 4 heterocycles. The molecule has 0 radical (unpaired) electrons. The summed E-state index contributed by atoms with van der Waals surface area (Å²) in [7, 11) is 5.99. The van der Waals surface area contributed by atoms with Gasteiger partial charge in [-0.2, -0.15) is 0 Å². The van der Waals surface area contributed by atoms with Crippen molar-refractivity contribution in [2.45, 2.75) is 56.3 Å². The summed E-state index contributed by atoms with van der Waals surface area (Å²) in [6.45, 7) is 3.15. The predicted molar refractivity (Wildman–Crippen MR) is 183 cm³/mol. The summed E-state index contributed by atoms with van der Waals surface area (Å²) in [6, 6.07) is 12.6. The van der Waals surface area contributed by atoms with Crippen LogP contribution in [-0.2, 0) is 23.7 Å². The van der Waals surface area contributed by atoms with E-state index >= 15 is 0 Å². The van der Waals surface area contributed by atoms with Crippen molar-refractivity contribution in [3.63, 3.8) is 0 Å². The van der Waals surface area contributed by atoms with E-state index in [4.69, 9.17) is 9.47 Å². The first kappa shape index (κ1) is 31.7. The van der Waals surface area contributed by atoms with Crippen molar-refractivity contribution in [2.24, 2.45) is 31.8 Å². The number of hydrogen-bond acceptors (Lipinski definition) is 7. The molecule has 3 fully saturated rings. The summed E-state index contributed by atoms with van der Waals surface area (Å²) in [4.78, 5) is 30.8. The quantitative estimate of drug-likeness (QED) is 0.235. The van der Waals surface area contributed by atoms with Gasteiger partial charge < -0.3 is 23.9 Å². The standard InChI is InChI=1S/C15H17N3O.C14H13BrN2O.C8H12O2/c1-16-9-3-4-13-10(5-9)14-11(7-19-13)15(14)12-6-18(2)8-17-12;1-17-5-11(16-7-17)14-10-6-18-12-3-2-8(15)4-9(12)13(10)14;1-6(9)7-4-2-3-5-8(7)10/h3-6,8,11,14-16H,7H2,1-2H3;2-5,7,10,13-14H,6H2,1H3;7H,2-5H2,1H3/t11-,14+,15-;10-,13+,14-;/m00./s1. The van der Waals surface area contributed by atoms with Crippen molar-refractivity contribution in [2.75, 3.05) is 25.6 Å². The number of fused-ring (bicyclic) bond motifs is 6. The Hall–Kier alpha value is -3.92. The fourth-order valence-electron chi connectivity index (χ4n) is 7.82. The number of ether oxygens (including phenoxy) is 2. The average molecular weight is 701 g/mol. The van der Waals surface area contributed by atoms with E-state index in [1.807, 2.05) is 49.0 Å². The Labute approximate surface area is 284 Å². The Kier molecular flexibility index (Phi) is 8.72. The molecule has 2 aromatic carbocycles. The van der Waals surface area contributed by atoms with Crippen molar-refractivity contribution in [3.05, 3.63) is 88.4 Å². The van der Waals surface area contributed by atoms with E-state index in [1.54, 1.807) is 0 Å². The van der Waals surface area contributed by atoms with Crippen LogP contribution in [0.1, 0.15) is 78.8 Å². The van der Waals surface area contributed by atoms with E-state index in [1.165, 1.54) is 29.4 Å². The normalized spacial score (nSPS) is 27.4. The fraction of sp³-hybridized carbons (Fsp3) is 0.459. The van der Waals surface area contributed by atoms with E-state index in [0.717, 1.165) is 54.1 Å². The highest BCUT2D eigenvalue weighted by molar-refractivity contribution is 9.10. The summed E-state index contributed by atoms with van der Waals surface area (Å²) in [5.41, 5.74) is 6.21. The van der Waals surface area contributed by atoms with Crippen molar-refractivity contribution in [1.82, 2.24) is 19.1 Å². The summed E-state index contributed by atoms with van der Waals surface area (Å²) >= 11 is 3.54. The summed E-state index contributed by atoms with van der Waals surface area (Å²) in [5.74, 6) is 5.43. The maximum atomic E-state index is 11.0. The molecule has 10 heteroatoms. The van der Waals surface area contributed by atoms with Gasteiger partial charge in [-0.15, -0.1) is 0 Å². The average Bonchev–Trinajstić information content (AvgIpc) is 3.89. The van der Waals surface area contributed by atoms with E-state index in [9.17, 15) is 9.59 Å². The highest BCUT2D eigenvalue weighted by atomic mass is 79.9. The smallest absolute Gasteiger partial charge is 0.143 e. The lowest BCUT2D eigenvalue weighted by Gasteiger charge is -2.17. The van der Waals surface area contributed by atoms with E-state index in [2.05, 4.69) is 73.9 Å². The fourth-order valence-corrected chi connectivity index (χ4v) is 8.20. The van der Waals surface area contributed by atoms with Gasteiger partial charge in [0.15, 0.2) is 0 Å². The number of ketones is 2. The molecule has 2 aliphatic heterocycles. The topological polar surface area (TPSA) is 100 Å². The lowest BCUT2D eigenvalue weighted by Crippen LogP contribution is -2.24. The monoisotopic (exact) mass is 699 g/mol. The van der Waals surface area contributed by atoms with Crippen LogP contribution in [0, 0.1) is 17.8 Å². The van der Waals surface area contributed by atoms with Crippen molar-refractivity contribution in [1.29, 1.82) is 0 Å².